The van der Waals surface area contributed by atoms with Crippen LogP contribution in [-0.4, -0.2) is 267 Å². The van der Waals surface area contributed by atoms with Crippen LogP contribution in [-0.2, 0) is 57.1 Å². The molecule has 4 aliphatic rings. The van der Waals surface area contributed by atoms with E-state index in [9.17, 15) is 101 Å². The Bertz CT molecular complexity index is 1680. The lowest BCUT2D eigenvalue weighted by Crippen LogP contribution is -2.71. The predicted molar refractivity (Wildman–Crippen MR) is 203 cm³/mol. The zero-order chi connectivity index (χ0) is 49.7. The van der Waals surface area contributed by atoms with Gasteiger partial charge in [-0.1, -0.05) is 0 Å². The van der Waals surface area contributed by atoms with E-state index in [1.807, 2.05) is 0 Å². The van der Waals surface area contributed by atoms with Crippen LogP contribution in [0, 0.1) is 0 Å². The summed E-state index contributed by atoms with van der Waals surface area (Å²) in [5, 5.41) is 166. The maximum Gasteiger partial charge on any atom is 0.364 e. The molecule has 4 aliphatic heterocycles. The molecule has 0 radical (unpaired) electrons. The van der Waals surface area contributed by atoms with E-state index in [0.717, 1.165) is 20.8 Å². The summed E-state index contributed by atoms with van der Waals surface area (Å²) >= 11 is 0. The van der Waals surface area contributed by atoms with Crippen molar-refractivity contribution in [1.82, 2.24) is 16.0 Å². The van der Waals surface area contributed by atoms with E-state index in [2.05, 4.69) is 16.0 Å². The summed E-state index contributed by atoms with van der Waals surface area (Å²) in [6, 6.07) is -5.07. The van der Waals surface area contributed by atoms with Gasteiger partial charge in [0.2, 0.25) is 17.7 Å². The normalized spacial score (nSPS) is 41.4. The van der Waals surface area contributed by atoms with E-state index in [-0.39, 0.29) is 0 Å². The lowest BCUT2D eigenvalue weighted by Gasteiger charge is -2.51. The molecule has 66 heavy (non-hydrogen) atoms. The van der Waals surface area contributed by atoms with Gasteiger partial charge in [0, 0.05) is 33.6 Å². The highest BCUT2D eigenvalue weighted by molar-refractivity contribution is 5.77. The maximum atomic E-state index is 12.9. The van der Waals surface area contributed by atoms with Crippen molar-refractivity contribution in [2.24, 2.45) is 0 Å². The Balaban J connectivity index is 1.66. The lowest BCUT2D eigenvalue weighted by atomic mass is 9.88. The average Bonchev–Trinajstić information content (AvgIpc) is 3.24. The van der Waals surface area contributed by atoms with E-state index >= 15 is 0 Å². The zero-order valence-electron chi connectivity index (χ0n) is 35.4. The van der Waals surface area contributed by atoms with Gasteiger partial charge in [-0.15, -0.1) is 0 Å². The van der Waals surface area contributed by atoms with Crippen molar-refractivity contribution in [2.45, 2.75) is 167 Å². The summed E-state index contributed by atoms with van der Waals surface area (Å²) < 4.78 is 39.1. The Kier molecular flexibility index (Phi) is 19.0. The van der Waals surface area contributed by atoms with Crippen LogP contribution in [0.15, 0.2) is 0 Å². The molecule has 0 aromatic carbocycles. The Labute approximate surface area is 373 Å². The predicted octanol–water partition coefficient (Wildman–Crippen LogP) is -10.9. The molecule has 0 aromatic rings. The number of hydrogen-bond donors (Lipinski definition) is 18. The Morgan fingerprint density at radius 3 is 1.50 bits per heavy atom. The number of aliphatic hydroxyl groups is 13. The minimum Gasteiger partial charge on any atom is -0.477 e. The van der Waals surface area contributed by atoms with Crippen LogP contribution in [0.4, 0.5) is 0 Å². The van der Waals surface area contributed by atoms with Crippen LogP contribution in [0.5, 0.6) is 0 Å². The van der Waals surface area contributed by atoms with Crippen molar-refractivity contribution in [3.05, 3.63) is 0 Å². The number of aliphatic carboxylic acids is 2. The molecular formula is C36H59N3O27. The molecule has 0 aromatic heterocycles. The lowest BCUT2D eigenvalue weighted by molar-refractivity contribution is -0.382. The van der Waals surface area contributed by atoms with Crippen LogP contribution in [0.3, 0.4) is 0 Å². The van der Waals surface area contributed by atoms with Crippen molar-refractivity contribution in [1.29, 1.82) is 0 Å². The fourth-order valence-corrected chi connectivity index (χ4v) is 8.04. The Morgan fingerprint density at radius 2 is 1.06 bits per heavy atom. The third-order valence-electron chi connectivity index (χ3n) is 11.4. The summed E-state index contributed by atoms with van der Waals surface area (Å²) in [6.45, 7) is -1.53. The van der Waals surface area contributed by atoms with Crippen LogP contribution in [0.2, 0.25) is 0 Å². The third kappa shape index (κ3) is 12.0. The van der Waals surface area contributed by atoms with Gasteiger partial charge < -0.3 is 126 Å². The first-order valence-corrected chi connectivity index (χ1v) is 20.3. The summed E-state index contributed by atoms with van der Waals surface area (Å²) in [6.07, 6.45) is -38.0. The fourth-order valence-electron chi connectivity index (χ4n) is 8.04. The number of hydrogen-bond acceptors (Lipinski definition) is 25. The van der Waals surface area contributed by atoms with Crippen molar-refractivity contribution in [3.63, 3.8) is 0 Å². The number of ether oxygens (including phenoxy) is 7. The van der Waals surface area contributed by atoms with Crippen molar-refractivity contribution in [3.8, 4) is 0 Å². The quantitative estimate of drug-likeness (QED) is 0.0571. The largest absolute Gasteiger partial charge is 0.477 e. The topological polar surface area (TPSA) is 490 Å². The summed E-state index contributed by atoms with van der Waals surface area (Å²) in [5.74, 6) is -12.7. The number of nitrogens with one attached hydrogen (secondary N) is 3. The van der Waals surface area contributed by atoms with E-state index in [1.54, 1.807) is 0 Å². The molecule has 30 nitrogen and oxygen atoms in total. The van der Waals surface area contributed by atoms with E-state index in [4.69, 9.17) is 33.2 Å². The molecular weight excluding hydrogens is 906 g/mol. The van der Waals surface area contributed by atoms with Gasteiger partial charge in [0.15, 0.2) is 12.6 Å². The minimum atomic E-state index is -3.19. The average molecular weight is 966 g/mol. The molecule has 2 unspecified atom stereocenters. The number of carbonyl (C=O) groups excluding carboxylic acids is 3. The molecule has 22 atom stereocenters. The highest BCUT2D eigenvalue weighted by Crippen LogP contribution is 2.39. The molecule has 4 rings (SSSR count). The van der Waals surface area contributed by atoms with Gasteiger partial charge >= 0.3 is 11.9 Å². The van der Waals surface area contributed by atoms with Crippen LogP contribution < -0.4 is 16.0 Å². The van der Waals surface area contributed by atoms with Crippen LogP contribution >= 0.6 is 0 Å². The molecule has 4 heterocycles. The van der Waals surface area contributed by atoms with Crippen molar-refractivity contribution < 1.29 is 134 Å². The first-order valence-electron chi connectivity index (χ1n) is 20.3. The summed E-state index contributed by atoms with van der Waals surface area (Å²) in [5.41, 5.74) is 0. The first-order chi connectivity index (χ1) is 30.8. The second-order valence-electron chi connectivity index (χ2n) is 16.2. The molecule has 0 saturated carbocycles. The second-order valence-corrected chi connectivity index (χ2v) is 16.2. The molecule has 0 bridgehead atoms. The highest BCUT2D eigenvalue weighted by atomic mass is 16.8. The van der Waals surface area contributed by atoms with Gasteiger partial charge in [-0.25, -0.2) is 9.59 Å². The van der Waals surface area contributed by atoms with Crippen molar-refractivity contribution in [2.75, 3.05) is 26.4 Å². The van der Waals surface area contributed by atoms with Gasteiger partial charge in [-0.05, 0) is 0 Å². The number of carboxylic acids is 2. The summed E-state index contributed by atoms with van der Waals surface area (Å²) in [4.78, 5) is 61.8. The zero-order valence-corrected chi connectivity index (χ0v) is 35.4. The first kappa shape index (κ1) is 55.1. The number of carboxylic acid groups (broad SMARTS) is 2. The SMILES string of the molecule is CC(=O)N[C@H]1[C@H]([C@H](O)[C@H](O)CO)O[C@@](O[C@H]2[C@@H](O)[C@@H](CO)OC(O[C@H]3[C@@H](O)[C@@H](CO[C@]4(C(=O)O)C[C@H](O)[C@@H](NC(C)=O)[C@H]([C@H](O)[C@H](O)CO)O4)OC(O)[C@@H]3NC(C)=O)[C@@H]2O)(C(=O)O)C[C@@H]1O. The minimum absolute atomic E-state index is 0.790. The molecule has 3 amide bonds. The van der Waals surface area contributed by atoms with Gasteiger partial charge in [-0.2, -0.15) is 0 Å². The Morgan fingerprint density at radius 1 is 0.621 bits per heavy atom. The molecule has 380 valence electrons. The highest BCUT2D eigenvalue weighted by Gasteiger charge is 2.61. The molecule has 0 spiro atoms. The smallest absolute Gasteiger partial charge is 0.364 e. The number of carbonyl (C=O) groups is 5. The molecule has 4 fully saturated rings. The number of amides is 3. The van der Waals surface area contributed by atoms with Gasteiger partial charge in [0.25, 0.3) is 11.6 Å². The second kappa shape index (κ2) is 22.8. The van der Waals surface area contributed by atoms with E-state index in [1.165, 1.54) is 0 Å². The van der Waals surface area contributed by atoms with Crippen molar-refractivity contribution >= 4 is 29.7 Å². The summed E-state index contributed by atoms with van der Waals surface area (Å²) in [7, 11) is 0. The maximum absolute atomic E-state index is 12.9. The molecule has 4 saturated heterocycles. The monoisotopic (exact) mass is 965 g/mol. The van der Waals surface area contributed by atoms with Crippen LogP contribution in [0.25, 0.3) is 0 Å². The van der Waals surface area contributed by atoms with E-state index in [0.29, 0.717) is 0 Å². The van der Waals surface area contributed by atoms with Gasteiger partial charge in [0.1, 0.15) is 85.4 Å². The number of rotatable bonds is 19. The third-order valence-corrected chi connectivity index (χ3v) is 11.4. The van der Waals surface area contributed by atoms with Crippen LogP contribution in [0.1, 0.15) is 33.6 Å². The fraction of sp³-hybridized carbons (Fsp3) is 0.861. The number of aliphatic hydroxyl groups excluding tert-OH is 13. The van der Waals surface area contributed by atoms with E-state index < -0.39 is 203 Å². The molecule has 0 aliphatic carbocycles. The molecule has 18 N–H and O–H groups in total. The van der Waals surface area contributed by atoms with Gasteiger partial charge in [-0.3, -0.25) is 14.4 Å². The van der Waals surface area contributed by atoms with Gasteiger partial charge in [0.05, 0.1) is 50.7 Å². The molecule has 30 heteroatoms. The Hall–Kier alpha value is -3.45. The standard InChI is InChI=1S/C36H59N3O27/c1-10(43)37-19-13(46)4-35(33(56)57,64-28(19)22(50)15(48)6-40)60-9-18-25(53)27(21(31(55)61-18)39-12(3)45)63-32-26(54)30(24(52)17(8-42)62-32)66-36(34(58)59)5-14(47)20(38-11(2)44)29(65-36)23(51)16(49)7-41/h13-32,40-42,46-55H,4-9H2,1-3H3,(H,37,43)(H,38,44)(H,39,45)(H,56,57)(H,58,59)/t13-,14-,15+,16+,17+,18+,19+,20+,21+,22+,23+,24-,25-,26+,27+,28+,29+,30-,31?,32?,35+,36-/m0/s1.